The SMILES string of the molecule is CCNCCCN(C)Cc1ccccc1Br. The Morgan fingerprint density at radius 3 is 2.75 bits per heavy atom. The van der Waals surface area contributed by atoms with Gasteiger partial charge in [0.15, 0.2) is 0 Å². The van der Waals surface area contributed by atoms with Crippen molar-refractivity contribution in [1.29, 1.82) is 0 Å². The molecule has 0 spiro atoms. The summed E-state index contributed by atoms with van der Waals surface area (Å²) >= 11 is 3.58. The predicted octanol–water partition coefficient (Wildman–Crippen LogP) is 2.88. The van der Waals surface area contributed by atoms with Gasteiger partial charge in [0.05, 0.1) is 0 Å². The number of hydrogen-bond acceptors (Lipinski definition) is 2. The van der Waals surface area contributed by atoms with Gasteiger partial charge in [-0.25, -0.2) is 0 Å². The molecule has 90 valence electrons. The first-order chi connectivity index (χ1) is 7.74. The molecule has 0 aliphatic carbocycles. The van der Waals surface area contributed by atoms with Crippen molar-refractivity contribution in [2.45, 2.75) is 19.9 Å². The van der Waals surface area contributed by atoms with Crippen LogP contribution in [-0.2, 0) is 6.54 Å². The minimum Gasteiger partial charge on any atom is -0.317 e. The minimum atomic E-state index is 1.01. The standard InChI is InChI=1S/C13H21BrN2/c1-3-15-9-6-10-16(2)11-12-7-4-5-8-13(12)14/h4-5,7-8,15H,3,6,9-11H2,1-2H3. The van der Waals surface area contributed by atoms with Gasteiger partial charge < -0.3 is 10.2 Å². The van der Waals surface area contributed by atoms with Crippen molar-refractivity contribution in [2.75, 3.05) is 26.7 Å². The molecule has 1 aromatic rings. The highest BCUT2D eigenvalue weighted by Gasteiger charge is 2.02. The second kappa shape index (κ2) is 7.82. The highest BCUT2D eigenvalue weighted by Crippen LogP contribution is 2.17. The summed E-state index contributed by atoms with van der Waals surface area (Å²) in [6, 6.07) is 8.41. The fourth-order valence-corrected chi connectivity index (χ4v) is 2.06. The van der Waals surface area contributed by atoms with Crippen LogP contribution in [0.1, 0.15) is 18.9 Å². The number of nitrogens with one attached hydrogen (secondary N) is 1. The van der Waals surface area contributed by atoms with E-state index in [2.05, 4.69) is 64.4 Å². The van der Waals surface area contributed by atoms with E-state index in [-0.39, 0.29) is 0 Å². The molecule has 1 N–H and O–H groups in total. The molecule has 0 bridgehead atoms. The average Bonchev–Trinajstić information content (AvgIpc) is 2.28. The quantitative estimate of drug-likeness (QED) is 0.775. The topological polar surface area (TPSA) is 15.3 Å². The van der Waals surface area contributed by atoms with E-state index in [1.165, 1.54) is 16.5 Å². The van der Waals surface area contributed by atoms with Gasteiger partial charge in [0.1, 0.15) is 0 Å². The summed E-state index contributed by atoms with van der Waals surface area (Å²) in [4.78, 5) is 2.36. The Bertz CT molecular complexity index is 302. The van der Waals surface area contributed by atoms with Gasteiger partial charge in [-0.2, -0.15) is 0 Å². The summed E-state index contributed by atoms with van der Waals surface area (Å²) in [5.41, 5.74) is 1.36. The van der Waals surface area contributed by atoms with E-state index >= 15 is 0 Å². The molecule has 1 rings (SSSR count). The van der Waals surface area contributed by atoms with Gasteiger partial charge in [-0.1, -0.05) is 41.1 Å². The molecule has 0 aliphatic rings. The molecule has 0 fully saturated rings. The monoisotopic (exact) mass is 284 g/mol. The van der Waals surface area contributed by atoms with Crippen LogP contribution in [0.15, 0.2) is 28.7 Å². The Kier molecular flexibility index (Phi) is 6.69. The molecule has 0 unspecified atom stereocenters. The molecule has 0 amide bonds. The normalized spacial score (nSPS) is 11.0. The van der Waals surface area contributed by atoms with Crippen molar-refractivity contribution < 1.29 is 0 Å². The lowest BCUT2D eigenvalue weighted by molar-refractivity contribution is 0.319. The third kappa shape index (κ3) is 5.10. The summed E-state index contributed by atoms with van der Waals surface area (Å²) in [5.74, 6) is 0. The lowest BCUT2D eigenvalue weighted by Crippen LogP contribution is -2.23. The van der Waals surface area contributed by atoms with Crippen molar-refractivity contribution >= 4 is 15.9 Å². The Balaban J connectivity index is 2.28. The molecule has 16 heavy (non-hydrogen) atoms. The number of rotatable bonds is 7. The maximum absolute atomic E-state index is 3.58. The van der Waals surface area contributed by atoms with Gasteiger partial charge in [-0.05, 0) is 44.7 Å². The maximum atomic E-state index is 3.58. The summed E-state index contributed by atoms with van der Waals surface area (Å²) in [7, 11) is 2.17. The molecule has 3 heteroatoms. The summed E-state index contributed by atoms with van der Waals surface area (Å²) in [6.07, 6.45) is 1.20. The predicted molar refractivity (Wildman–Crippen MR) is 73.6 cm³/mol. The van der Waals surface area contributed by atoms with Gasteiger partial charge >= 0.3 is 0 Å². The van der Waals surface area contributed by atoms with Crippen LogP contribution in [0.3, 0.4) is 0 Å². The lowest BCUT2D eigenvalue weighted by Gasteiger charge is -2.17. The van der Waals surface area contributed by atoms with Crippen LogP contribution >= 0.6 is 15.9 Å². The van der Waals surface area contributed by atoms with E-state index in [1.807, 2.05) is 0 Å². The van der Waals surface area contributed by atoms with Crippen LogP contribution < -0.4 is 5.32 Å². The molecule has 1 aromatic carbocycles. The highest BCUT2D eigenvalue weighted by atomic mass is 79.9. The van der Waals surface area contributed by atoms with Gasteiger partial charge in [0.2, 0.25) is 0 Å². The van der Waals surface area contributed by atoms with E-state index in [4.69, 9.17) is 0 Å². The summed E-state index contributed by atoms with van der Waals surface area (Å²) < 4.78 is 1.20. The minimum absolute atomic E-state index is 1.01. The van der Waals surface area contributed by atoms with Crippen LogP contribution in [0.4, 0.5) is 0 Å². The van der Waals surface area contributed by atoms with Crippen molar-refractivity contribution in [1.82, 2.24) is 10.2 Å². The van der Waals surface area contributed by atoms with Crippen LogP contribution in [0.2, 0.25) is 0 Å². The zero-order valence-electron chi connectivity index (χ0n) is 10.2. The molecule has 0 aromatic heterocycles. The largest absolute Gasteiger partial charge is 0.317 e. The van der Waals surface area contributed by atoms with E-state index in [0.717, 1.165) is 26.2 Å². The van der Waals surface area contributed by atoms with E-state index in [1.54, 1.807) is 0 Å². The first-order valence-electron chi connectivity index (χ1n) is 5.86. The van der Waals surface area contributed by atoms with Crippen LogP contribution in [0.25, 0.3) is 0 Å². The highest BCUT2D eigenvalue weighted by molar-refractivity contribution is 9.10. The molecule has 0 atom stereocenters. The molecule has 0 saturated heterocycles. The molecule has 0 radical (unpaired) electrons. The Labute approximate surface area is 107 Å². The third-order valence-electron chi connectivity index (χ3n) is 2.54. The fraction of sp³-hybridized carbons (Fsp3) is 0.538. The van der Waals surface area contributed by atoms with Crippen molar-refractivity contribution in [2.24, 2.45) is 0 Å². The number of nitrogens with zero attached hydrogens (tertiary/aromatic N) is 1. The van der Waals surface area contributed by atoms with Crippen LogP contribution in [-0.4, -0.2) is 31.6 Å². The fourth-order valence-electron chi connectivity index (χ4n) is 1.65. The average molecular weight is 285 g/mol. The van der Waals surface area contributed by atoms with Gasteiger partial charge in [-0.3, -0.25) is 0 Å². The van der Waals surface area contributed by atoms with E-state index in [9.17, 15) is 0 Å². The Morgan fingerprint density at radius 1 is 1.31 bits per heavy atom. The molecule has 2 nitrogen and oxygen atoms in total. The van der Waals surface area contributed by atoms with E-state index in [0.29, 0.717) is 0 Å². The molecular weight excluding hydrogens is 264 g/mol. The Hall–Kier alpha value is -0.380. The zero-order chi connectivity index (χ0) is 11.8. The zero-order valence-corrected chi connectivity index (χ0v) is 11.8. The first kappa shape index (κ1) is 13.7. The van der Waals surface area contributed by atoms with Crippen molar-refractivity contribution in [3.8, 4) is 0 Å². The van der Waals surface area contributed by atoms with Crippen molar-refractivity contribution in [3.63, 3.8) is 0 Å². The molecule has 0 saturated carbocycles. The Morgan fingerprint density at radius 2 is 2.06 bits per heavy atom. The summed E-state index contributed by atoms with van der Waals surface area (Å²) in [6.45, 7) is 6.46. The molecule has 0 heterocycles. The van der Waals surface area contributed by atoms with Gasteiger partial charge in [-0.15, -0.1) is 0 Å². The molecule has 0 aliphatic heterocycles. The van der Waals surface area contributed by atoms with Gasteiger partial charge in [0, 0.05) is 11.0 Å². The third-order valence-corrected chi connectivity index (χ3v) is 3.32. The van der Waals surface area contributed by atoms with E-state index < -0.39 is 0 Å². The van der Waals surface area contributed by atoms with Crippen LogP contribution in [0, 0.1) is 0 Å². The first-order valence-corrected chi connectivity index (χ1v) is 6.66. The number of benzene rings is 1. The summed E-state index contributed by atoms with van der Waals surface area (Å²) in [5, 5.41) is 3.34. The van der Waals surface area contributed by atoms with Gasteiger partial charge in [0.25, 0.3) is 0 Å². The lowest BCUT2D eigenvalue weighted by atomic mass is 10.2. The van der Waals surface area contributed by atoms with Crippen LogP contribution in [0.5, 0.6) is 0 Å². The second-order valence-electron chi connectivity index (χ2n) is 4.04. The number of halogens is 1. The smallest absolute Gasteiger partial charge is 0.0241 e. The number of hydrogen-bond donors (Lipinski definition) is 1. The van der Waals surface area contributed by atoms with Crippen molar-refractivity contribution in [3.05, 3.63) is 34.3 Å². The molecular formula is C13H21BrN2. The maximum Gasteiger partial charge on any atom is 0.0241 e. The second-order valence-corrected chi connectivity index (χ2v) is 4.89.